The van der Waals surface area contributed by atoms with Gasteiger partial charge in [-0.25, -0.2) is 15.0 Å². The Kier molecular flexibility index (Phi) is 3.89. The lowest BCUT2D eigenvalue weighted by Gasteiger charge is -2.14. The van der Waals surface area contributed by atoms with Crippen LogP contribution in [0.5, 0.6) is 0 Å². The number of imidazole rings is 1. The number of hydrogen-bond acceptors (Lipinski definition) is 6. The van der Waals surface area contributed by atoms with Crippen LogP contribution in [-0.2, 0) is 11.3 Å². The molecular weight excluding hydrogens is 324 g/mol. The summed E-state index contributed by atoms with van der Waals surface area (Å²) in [4.78, 5) is 26.5. The molecule has 0 aromatic carbocycles. The molecule has 4 heterocycles. The molecular formula is C16H18N6OS. The molecule has 1 amide bonds. The Bertz CT molecular complexity index is 868. The van der Waals surface area contributed by atoms with Gasteiger partial charge in [0, 0.05) is 42.9 Å². The maximum atomic E-state index is 12.1. The molecule has 124 valence electrons. The number of fused-ring (bicyclic) bond motifs is 3. The number of anilines is 1. The van der Waals surface area contributed by atoms with E-state index in [4.69, 9.17) is 0 Å². The fourth-order valence-corrected chi connectivity index (χ4v) is 3.75. The number of hydrogen-bond donors (Lipinski definition) is 2. The van der Waals surface area contributed by atoms with Crippen LogP contribution in [0.2, 0.25) is 0 Å². The summed E-state index contributed by atoms with van der Waals surface area (Å²) in [6.45, 7) is 3.41. The van der Waals surface area contributed by atoms with Gasteiger partial charge in [-0.3, -0.25) is 9.20 Å². The Labute approximate surface area is 143 Å². The van der Waals surface area contributed by atoms with E-state index in [0.717, 1.165) is 34.9 Å². The average Bonchev–Trinajstić information content (AvgIpc) is 3.13. The molecule has 0 bridgehead atoms. The standard InChI is InChI=1S/C16H18N6OS/c1-2-3-17-15-19-7-10(8-20-15)11-6-13(23)18-9-12-14(11)22-4-5-24-16(22)21-12/h4-5,7-8,11H,2-3,6,9H2,1H3,(H,18,23)(H,17,19,20). The van der Waals surface area contributed by atoms with E-state index in [9.17, 15) is 4.79 Å². The summed E-state index contributed by atoms with van der Waals surface area (Å²) in [7, 11) is 0. The van der Waals surface area contributed by atoms with E-state index in [1.165, 1.54) is 0 Å². The molecule has 0 saturated carbocycles. The van der Waals surface area contributed by atoms with Crippen molar-refractivity contribution in [3.8, 4) is 0 Å². The molecule has 0 aliphatic carbocycles. The second-order valence-corrected chi connectivity index (χ2v) is 6.67. The third-order valence-electron chi connectivity index (χ3n) is 4.16. The number of amides is 1. The molecule has 0 spiro atoms. The molecule has 24 heavy (non-hydrogen) atoms. The minimum Gasteiger partial charge on any atom is -0.354 e. The Morgan fingerprint density at radius 3 is 3.04 bits per heavy atom. The number of nitrogens with zero attached hydrogens (tertiary/aromatic N) is 4. The first-order valence-electron chi connectivity index (χ1n) is 8.03. The second kappa shape index (κ2) is 6.20. The fourth-order valence-electron chi connectivity index (χ4n) is 3.01. The molecule has 0 fully saturated rings. The van der Waals surface area contributed by atoms with E-state index in [1.807, 2.05) is 24.0 Å². The van der Waals surface area contributed by atoms with E-state index in [1.54, 1.807) is 11.3 Å². The molecule has 0 radical (unpaired) electrons. The molecule has 1 atom stereocenters. The predicted octanol–water partition coefficient (Wildman–Crippen LogP) is 2.16. The number of rotatable bonds is 4. The molecule has 8 heteroatoms. The van der Waals surface area contributed by atoms with Crippen LogP contribution in [0.3, 0.4) is 0 Å². The molecule has 3 aromatic heterocycles. The molecule has 1 unspecified atom stereocenters. The first kappa shape index (κ1) is 15.1. The maximum absolute atomic E-state index is 12.1. The quantitative estimate of drug-likeness (QED) is 0.759. The Morgan fingerprint density at radius 1 is 1.42 bits per heavy atom. The van der Waals surface area contributed by atoms with E-state index < -0.39 is 0 Å². The van der Waals surface area contributed by atoms with Gasteiger partial charge in [0.1, 0.15) is 0 Å². The van der Waals surface area contributed by atoms with Crippen LogP contribution in [0.15, 0.2) is 24.0 Å². The van der Waals surface area contributed by atoms with Crippen molar-refractivity contribution in [2.75, 3.05) is 11.9 Å². The van der Waals surface area contributed by atoms with Crippen LogP contribution in [0.4, 0.5) is 5.95 Å². The van der Waals surface area contributed by atoms with E-state index in [2.05, 4.69) is 36.9 Å². The molecule has 1 aliphatic rings. The van der Waals surface area contributed by atoms with Gasteiger partial charge in [0.25, 0.3) is 0 Å². The highest BCUT2D eigenvalue weighted by molar-refractivity contribution is 7.15. The van der Waals surface area contributed by atoms with Gasteiger partial charge in [-0.15, -0.1) is 11.3 Å². The lowest BCUT2D eigenvalue weighted by Crippen LogP contribution is -2.21. The summed E-state index contributed by atoms with van der Waals surface area (Å²) in [6, 6.07) is 0. The van der Waals surface area contributed by atoms with Gasteiger partial charge in [0.2, 0.25) is 11.9 Å². The highest BCUT2D eigenvalue weighted by atomic mass is 32.1. The van der Waals surface area contributed by atoms with Gasteiger partial charge in [-0.2, -0.15) is 0 Å². The number of aromatic nitrogens is 4. The zero-order valence-electron chi connectivity index (χ0n) is 13.3. The van der Waals surface area contributed by atoms with Gasteiger partial charge >= 0.3 is 0 Å². The molecule has 1 aliphatic heterocycles. The second-order valence-electron chi connectivity index (χ2n) is 5.80. The summed E-state index contributed by atoms with van der Waals surface area (Å²) in [6.07, 6.45) is 7.02. The van der Waals surface area contributed by atoms with Gasteiger partial charge in [0.05, 0.1) is 17.9 Å². The van der Waals surface area contributed by atoms with Crippen LogP contribution >= 0.6 is 11.3 Å². The van der Waals surface area contributed by atoms with Crippen LogP contribution in [0.1, 0.15) is 42.6 Å². The number of nitrogens with one attached hydrogen (secondary N) is 2. The largest absolute Gasteiger partial charge is 0.354 e. The van der Waals surface area contributed by atoms with Crippen molar-refractivity contribution in [3.05, 3.63) is 40.9 Å². The van der Waals surface area contributed by atoms with Crippen molar-refractivity contribution in [2.24, 2.45) is 0 Å². The molecule has 2 N–H and O–H groups in total. The molecule has 0 saturated heterocycles. The highest BCUT2D eigenvalue weighted by Crippen LogP contribution is 2.33. The van der Waals surface area contributed by atoms with Gasteiger partial charge in [-0.1, -0.05) is 6.92 Å². The van der Waals surface area contributed by atoms with Crippen LogP contribution < -0.4 is 10.6 Å². The maximum Gasteiger partial charge on any atom is 0.222 e. The molecule has 3 aromatic rings. The zero-order chi connectivity index (χ0) is 16.5. The minimum absolute atomic E-state index is 0.0233. The van der Waals surface area contributed by atoms with Crippen LogP contribution in [0.25, 0.3) is 4.96 Å². The number of carbonyl (C=O) groups is 1. The SMILES string of the molecule is CCCNc1ncc(C2CC(=O)NCc3nc4sccn4c32)cn1. The summed E-state index contributed by atoms with van der Waals surface area (Å²) >= 11 is 1.60. The van der Waals surface area contributed by atoms with Crippen molar-refractivity contribution < 1.29 is 4.79 Å². The van der Waals surface area contributed by atoms with Crippen LogP contribution in [-0.4, -0.2) is 31.8 Å². The zero-order valence-corrected chi connectivity index (χ0v) is 14.1. The summed E-state index contributed by atoms with van der Waals surface area (Å²) in [5.74, 6) is 0.551. The van der Waals surface area contributed by atoms with Crippen molar-refractivity contribution >= 4 is 28.2 Å². The summed E-state index contributed by atoms with van der Waals surface area (Å²) in [5.41, 5.74) is 2.91. The minimum atomic E-state index is -0.0904. The lowest BCUT2D eigenvalue weighted by atomic mass is 9.94. The molecule has 7 nitrogen and oxygen atoms in total. The van der Waals surface area contributed by atoms with E-state index in [0.29, 0.717) is 18.9 Å². The smallest absolute Gasteiger partial charge is 0.222 e. The van der Waals surface area contributed by atoms with Gasteiger partial charge in [-0.05, 0) is 12.0 Å². The normalized spacial score (nSPS) is 17.4. The number of thiazole rings is 1. The van der Waals surface area contributed by atoms with Crippen molar-refractivity contribution in [1.82, 2.24) is 24.7 Å². The molecule has 4 rings (SSSR count). The topological polar surface area (TPSA) is 84.2 Å². The third kappa shape index (κ3) is 2.62. The number of carbonyl (C=O) groups excluding carboxylic acids is 1. The van der Waals surface area contributed by atoms with Gasteiger partial charge < -0.3 is 10.6 Å². The lowest BCUT2D eigenvalue weighted by molar-refractivity contribution is -0.121. The Morgan fingerprint density at radius 2 is 2.25 bits per heavy atom. The van der Waals surface area contributed by atoms with Crippen LogP contribution in [0, 0.1) is 0 Å². The Hall–Kier alpha value is -2.48. The van der Waals surface area contributed by atoms with Crippen molar-refractivity contribution in [3.63, 3.8) is 0 Å². The Balaban J connectivity index is 1.74. The van der Waals surface area contributed by atoms with Crippen molar-refractivity contribution in [2.45, 2.75) is 32.2 Å². The first-order chi connectivity index (χ1) is 11.8. The third-order valence-corrected chi connectivity index (χ3v) is 4.91. The first-order valence-corrected chi connectivity index (χ1v) is 8.91. The fraction of sp³-hybridized carbons (Fsp3) is 0.375. The van der Waals surface area contributed by atoms with E-state index in [-0.39, 0.29) is 11.8 Å². The summed E-state index contributed by atoms with van der Waals surface area (Å²) < 4.78 is 2.08. The highest BCUT2D eigenvalue weighted by Gasteiger charge is 2.29. The average molecular weight is 342 g/mol. The monoisotopic (exact) mass is 342 g/mol. The predicted molar refractivity (Wildman–Crippen MR) is 92.2 cm³/mol. The van der Waals surface area contributed by atoms with Crippen molar-refractivity contribution in [1.29, 1.82) is 0 Å². The van der Waals surface area contributed by atoms with E-state index >= 15 is 0 Å². The van der Waals surface area contributed by atoms with Gasteiger partial charge in [0.15, 0.2) is 4.96 Å². The summed E-state index contributed by atoms with van der Waals surface area (Å²) in [5, 5.41) is 8.10.